The van der Waals surface area contributed by atoms with E-state index in [1.54, 1.807) is 91.0 Å². The van der Waals surface area contributed by atoms with Crippen molar-refractivity contribution >= 4 is 93.3 Å². The van der Waals surface area contributed by atoms with Crippen molar-refractivity contribution in [2.75, 3.05) is 97.1 Å². The highest BCUT2D eigenvalue weighted by molar-refractivity contribution is 7.91. The zero-order chi connectivity index (χ0) is 103. The van der Waals surface area contributed by atoms with E-state index in [2.05, 4.69) is 80.7 Å². The van der Waals surface area contributed by atoms with Crippen LogP contribution in [0.3, 0.4) is 0 Å². The highest BCUT2D eigenvalue weighted by atomic mass is 32.2. The van der Waals surface area contributed by atoms with Gasteiger partial charge in [0.15, 0.2) is 44.5 Å². The van der Waals surface area contributed by atoms with E-state index in [4.69, 9.17) is 0 Å². The molecule has 0 saturated carbocycles. The van der Waals surface area contributed by atoms with E-state index < -0.39 is 27.7 Å². The predicted molar refractivity (Wildman–Crippen MR) is 549 cm³/mol. The van der Waals surface area contributed by atoms with Gasteiger partial charge in [-0.3, -0.25) is 48.5 Å². The van der Waals surface area contributed by atoms with Gasteiger partial charge >= 0.3 is 6.18 Å². The third-order valence-electron chi connectivity index (χ3n) is 27.2. The zero-order valence-electron chi connectivity index (χ0n) is 81.5. The number of halogens is 8. The van der Waals surface area contributed by atoms with E-state index in [1.165, 1.54) is 101 Å². The number of sulfone groups is 1. The number of likely N-dealkylation sites (N-methyl/N-ethyl adjacent to an activating group) is 1. The molecule has 5 saturated heterocycles. The van der Waals surface area contributed by atoms with Gasteiger partial charge < -0.3 is 20.2 Å². The minimum Gasteiger partial charge on any atom is -0.393 e. The van der Waals surface area contributed by atoms with Gasteiger partial charge in [0, 0.05) is 179 Å². The Morgan fingerprint density at radius 3 is 0.841 bits per heavy atom. The van der Waals surface area contributed by atoms with Crippen molar-refractivity contribution in [2.45, 2.75) is 124 Å². The minimum atomic E-state index is -4.18. The number of fused-ring (bicyclic) bond motifs is 5. The molecule has 5 fully saturated rings. The van der Waals surface area contributed by atoms with Crippen molar-refractivity contribution in [3.63, 3.8) is 0 Å². The Morgan fingerprint density at radius 2 is 0.579 bits per heavy atom. The molecule has 145 heavy (non-hydrogen) atoms. The number of alkyl halides is 3. The van der Waals surface area contributed by atoms with Crippen LogP contribution in [0.4, 0.5) is 35.1 Å². The lowest BCUT2D eigenvalue weighted by molar-refractivity contribution is -0.189. The Labute approximate surface area is 836 Å². The van der Waals surface area contributed by atoms with Crippen LogP contribution >= 0.6 is 0 Å². The van der Waals surface area contributed by atoms with Gasteiger partial charge in [0.25, 0.3) is 0 Å². The molecule has 1 atom stereocenters. The number of carbonyl (C=O) groups excluding carboxylic acids is 5. The number of benzene rings is 10. The Hall–Kier alpha value is -13.4. The standard InChI is InChI=1S/C24H22F4N2O.C23H24FN3O.C23H23FN2O3.C23H23FN2O2.C22H21FN2O3S/c1-15(31)22-12-21(17-5-7-19(25)8-6-17)20-9-4-16(11-23(20)29-22)13-30-10-2-3-18(14-30)24(26,27)28;1-16(28)22-14-21(18-4-6-19(24)7-5-18)20-8-3-17(13-23(20)25-22)15-27-11-9-26(2)10-12-27;1-15(27)21-13-20(17-3-5-18(24)6-4-17)19-7-2-16(12-22(19)25-21)14-26-10-8-23(28,29)9-11-26;1-15(27)22-13-21(17-3-5-18(24)6-4-17)20-7-2-16(12-23(20)25-22)14-26-10-8-19(28)9-11-26;1-15(26)21-13-20(17-3-5-18(23)6-4-17)19-7-2-16(12-22(19)24-21)14-25-8-10-29(27,28)11-9-25/h4-9,11-12,18H,2-3,10,13-14H2,1H3;3-8,13-14H,9-12,15H2,1-2H3;2-7,12-13,28-29H,8-11,14H2,1H3;2-7,12-13,19,28H,8-11,14H2,1H3;2-7,12-13H,8-11,14H2,1H3. The molecule has 0 radical (unpaired) electrons. The van der Waals surface area contributed by atoms with Crippen LogP contribution in [0, 0.1) is 35.0 Å². The van der Waals surface area contributed by atoms with E-state index in [1.807, 2.05) is 71.6 Å². The first-order valence-corrected chi connectivity index (χ1v) is 50.4. The lowest BCUT2D eigenvalue weighted by atomic mass is 9.96. The summed E-state index contributed by atoms with van der Waals surface area (Å²) in [5.41, 5.74) is 19.0. The summed E-state index contributed by atoms with van der Waals surface area (Å²) < 4.78 is 129. The highest BCUT2D eigenvalue weighted by Crippen LogP contribution is 2.40. The Morgan fingerprint density at radius 1 is 0.331 bits per heavy atom. The summed E-state index contributed by atoms with van der Waals surface area (Å²) in [6.07, 6.45) is -1.44. The number of Topliss-reactive ketones (excluding diaryl/α,β-unsaturated/α-hetero) is 5. The first kappa shape index (κ1) is 104. The lowest BCUT2D eigenvalue weighted by Gasteiger charge is -2.34. The third kappa shape index (κ3) is 27.3. The van der Waals surface area contributed by atoms with Gasteiger partial charge in [-0.15, -0.1) is 0 Å². The van der Waals surface area contributed by atoms with Crippen LogP contribution in [0.25, 0.3) is 110 Å². The molecule has 30 heteroatoms. The molecule has 0 spiro atoms. The molecule has 3 N–H and O–H groups in total. The fraction of sp³-hybridized carbons (Fsp3) is 0.304. The number of piperidine rings is 3. The fourth-order valence-corrected chi connectivity index (χ4v) is 20.2. The summed E-state index contributed by atoms with van der Waals surface area (Å²) >= 11 is 0. The quantitative estimate of drug-likeness (QED) is 0.0364. The summed E-state index contributed by atoms with van der Waals surface area (Å²) in [6, 6.07) is 69.7. The molecular weight excluding hydrogens is 1880 g/mol. The number of likely N-dealkylation sites (tertiary alicyclic amines) is 3. The number of hydrogen-bond acceptors (Lipinski definition) is 21. The van der Waals surface area contributed by atoms with Gasteiger partial charge in [0.2, 0.25) is 0 Å². The second kappa shape index (κ2) is 45.9. The third-order valence-corrected chi connectivity index (χ3v) is 28.8. The average molecular weight is 1990 g/mol. The van der Waals surface area contributed by atoms with Gasteiger partial charge in [0.1, 0.15) is 57.6 Å². The Bertz CT molecular complexity index is 7230. The predicted octanol–water partition coefficient (Wildman–Crippen LogP) is 21.2. The molecule has 5 aliphatic heterocycles. The number of aromatic nitrogens is 5. The number of carbonyl (C=O) groups is 5. The largest absolute Gasteiger partial charge is 0.393 e. The van der Waals surface area contributed by atoms with Gasteiger partial charge in [-0.1, -0.05) is 121 Å². The van der Waals surface area contributed by atoms with Crippen LogP contribution in [-0.4, -0.2) is 222 Å². The van der Waals surface area contributed by atoms with E-state index in [-0.39, 0.29) is 88.6 Å². The molecule has 0 aliphatic carbocycles. The number of aliphatic hydroxyl groups is 3. The fourth-order valence-electron chi connectivity index (χ4n) is 18.9. The van der Waals surface area contributed by atoms with Gasteiger partial charge in [-0.2, -0.15) is 13.2 Å². The Balaban J connectivity index is 0.000000130. The normalized spacial score (nSPS) is 16.6. The van der Waals surface area contributed by atoms with Crippen molar-refractivity contribution in [2.24, 2.45) is 5.92 Å². The molecular formula is C115H113F8N11O10S. The molecule has 21 nitrogen and oxygen atoms in total. The summed E-state index contributed by atoms with van der Waals surface area (Å²) in [5, 5.41) is 33.6. The lowest BCUT2D eigenvalue weighted by Crippen LogP contribution is -2.43. The maximum Gasteiger partial charge on any atom is 0.393 e. The smallest absolute Gasteiger partial charge is 0.393 e. The van der Waals surface area contributed by atoms with Crippen molar-refractivity contribution < 1.29 is 82.8 Å². The van der Waals surface area contributed by atoms with Crippen LogP contribution in [0.15, 0.2) is 243 Å². The Kier molecular flexibility index (Phi) is 33.1. The molecule has 5 aliphatic rings. The number of rotatable bonds is 20. The summed E-state index contributed by atoms with van der Waals surface area (Å²) in [6.45, 7) is 19.6. The van der Waals surface area contributed by atoms with Crippen LogP contribution in [0.1, 0.15) is 153 Å². The topological polar surface area (TPSA) is 264 Å². The van der Waals surface area contributed by atoms with E-state index in [9.17, 15) is 82.8 Å². The van der Waals surface area contributed by atoms with Crippen LogP contribution < -0.4 is 0 Å². The summed E-state index contributed by atoms with van der Waals surface area (Å²) in [4.78, 5) is 95.9. The maximum absolute atomic E-state index is 13.4. The number of pyridine rings is 5. The van der Waals surface area contributed by atoms with Gasteiger partial charge in [-0.25, -0.2) is 55.3 Å². The maximum atomic E-state index is 13.4. The van der Waals surface area contributed by atoms with Crippen LogP contribution in [0.2, 0.25) is 0 Å². The molecule has 1 unspecified atom stereocenters. The van der Waals surface area contributed by atoms with Crippen molar-refractivity contribution in [1.82, 2.24) is 54.3 Å². The molecule has 5 aromatic heterocycles. The van der Waals surface area contributed by atoms with Crippen LogP contribution in [-0.2, 0) is 42.6 Å². The highest BCUT2D eigenvalue weighted by Gasteiger charge is 2.42. The van der Waals surface area contributed by atoms with Crippen molar-refractivity contribution in [3.05, 3.63) is 328 Å². The van der Waals surface area contributed by atoms with E-state index in [0.29, 0.717) is 117 Å². The van der Waals surface area contributed by atoms with Gasteiger partial charge in [0.05, 0.1) is 51.1 Å². The zero-order valence-corrected chi connectivity index (χ0v) is 82.3. The SMILES string of the molecule is CC(=O)c1cc(-c2ccc(F)cc2)c2ccc(CN3CCC(O)(O)CC3)cc2n1.CC(=O)c1cc(-c2ccc(F)cc2)c2ccc(CN3CCC(O)CC3)cc2n1.CC(=O)c1cc(-c2ccc(F)cc2)c2ccc(CN3CCCC(C(F)(F)F)C3)cc2n1.CC(=O)c1cc(-c2ccc(F)cc2)c2ccc(CN3CCN(C)CC3)cc2n1.CC(=O)c1cc(-c2ccc(F)cc2)c2ccc(CN3CCS(=O)(=O)CC3)cc2n1. The van der Waals surface area contributed by atoms with Crippen molar-refractivity contribution in [1.29, 1.82) is 0 Å². The number of nitrogens with zero attached hydrogens (tertiary/aromatic N) is 11. The second-order valence-corrected chi connectivity index (χ2v) is 40.5. The van der Waals surface area contributed by atoms with E-state index >= 15 is 0 Å². The monoisotopic (exact) mass is 1990 g/mol. The molecule has 0 bridgehead atoms. The molecule has 20 rings (SSSR count). The molecule has 15 aromatic rings. The first-order valence-electron chi connectivity index (χ1n) is 48.5. The van der Waals surface area contributed by atoms with Crippen molar-refractivity contribution in [3.8, 4) is 55.6 Å². The summed E-state index contributed by atoms with van der Waals surface area (Å²) in [5.74, 6) is -4.67. The molecule has 10 heterocycles. The molecule has 10 aromatic carbocycles. The molecule has 750 valence electrons. The molecule has 0 amide bonds. The number of ketones is 5. The average Bonchev–Trinajstić information content (AvgIpc) is 0.791. The summed E-state index contributed by atoms with van der Waals surface area (Å²) in [7, 11) is -0.765. The van der Waals surface area contributed by atoms with Gasteiger partial charge in [-0.05, 0) is 244 Å². The number of hydrogen-bond donors (Lipinski definition) is 3. The van der Waals surface area contributed by atoms with E-state index in [0.717, 1.165) is 181 Å². The minimum absolute atomic E-state index is 0.0106. The first-order chi connectivity index (χ1) is 69.3. The second-order valence-electron chi connectivity index (χ2n) is 38.2. The number of aliphatic hydroxyl groups excluding tert-OH is 1. The number of piperazine rings is 1. The van der Waals surface area contributed by atoms with Crippen LogP contribution in [0.5, 0.6) is 0 Å².